The molecule has 130 valence electrons. The number of aryl methyl sites for hydroxylation is 1. The molecule has 1 aromatic rings. The van der Waals surface area contributed by atoms with E-state index in [1.165, 1.54) is 12.2 Å². The summed E-state index contributed by atoms with van der Waals surface area (Å²) < 4.78 is 0. The lowest BCUT2D eigenvalue weighted by molar-refractivity contribution is -0.168. The van der Waals surface area contributed by atoms with Crippen LogP contribution in [0.4, 0.5) is 0 Å². The number of aromatic hydroxyl groups is 1. The molecule has 0 unspecified atom stereocenters. The van der Waals surface area contributed by atoms with Gasteiger partial charge in [0.25, 0.3) is 0 Å². The molecule has 0 heterocycles. The van der Waals surface area contributed by atoms with Gasteiger partial charge in [0.2, 0.25) is 5.91 Å². The van der Waals surface area contributed by atoms with E-state index in [9.17, 15) is 9.90 Å². The predicted octanol–water partition coefficient (Wildman–Crippen LogP) is 3.94. The van der Waals surface area contributed by atoms with E-state index in [0.29, 0.717) is 18.6 Å². The van der Waals surface area contributed by atoms with Crippen molar-refractivity contribution in [3.05, 3.63) is 28.8 Å². The highest BCUT2D eigenvalue weighted by molar-refractivity contribution is 5.75. The van der Waals surface area contributed by atoms with Crippen LogP contribution in [-0.4, -0.2) is 30.2 Å². The zero-order valence-corrected chi connectivity index (χ0v) is 15.8. The van der Waals surface area contributed by atoms with Crippen LogP contribution in [0.25, 0.3) is 0 Å². The van der Waals surface area contributed by atoms with Gasteiger partial charge in [0.05, 0.1) is 7.11 Å². The molecule has 0 fully saturated rings. The minimum atomic E-state index is -0.159. The van der Waals surface area contributed by atoms with Gasteiger partial charge in [0.15, 0.2) is 0 Å². The van der Waals surface area contributed by atoms with Crippen LogP contribution in [0, 0.1) is 0 Å². The van der Waals surface area contributed by atoms with Crippen LogP contribution < -0.4 is 0 Å². The van der Waals surface area contributed by atoms with Crippen molar-refractivity contribution in [3.63, 3.8) is 0 Å². The Morgan fingerprint density at radius 2 is 1.52 bits per heavy atom. The summed E-state index contributed by atoms with van der Waals surface area (Å²) in [4.78, 5) is 16.8. The molecule has 1 amide bonds. The van der Waals surface area contributed by atoms with Crippen molar-refractivity contribution in [2.75, 3.05) is 14.2 Å². The van der Waals surface area contributed by atoms with E-state index >= 15 is 0 Å². The van der Waals surface area contributed by atoms with Gasteiger partial charge in [-0.15, -0.1) is 0 Å². The number of benzene rings is 1. The molecular weight excluding hydrogens is 290 g/mol. The number of phenolic OH excluding ortho intramolecular Hbond substituents is 1. The quantitative estimate of drug-likeness (QED) is 0.855. The molecule has 0 aliphatic rings. The number of carbonyl (C=O) groups is 1. The largest absolute Gasteiger partial charge is 0.507 e. The molecule has 1 aromatic carbocycles. The molecule has 23 heavy (non-hydrogen) atoms. The highest BCUT2D eigenvalue weighted by Gasteiger charge is 2.26. The Balaban J connectivity index is 3.21. The van der Waals surface area contributed by atoms with Gasteiger partial charge in [-0.25, -0.2) is 5.06 Å². The second-order valence-corrected chi connectivity index (χ2v) is 8.11. The van der Waals surface area contributed by atoms with Gasteiger partial charge >= 0.3 is 0 Å². The molecule has 0 radical (unpaired) electrons. The third-order valence-electron chi connectivity index (χ3n) is 4.04. The van der Waals surface area contributed by atoms with Crippen LogP contribution in [0.15, 0.2) is 12.1 Å². The van der Waals surface area contributed by atoms with Crippen LogP contribution in [0.1, 0.15) is 64.7 Å². The summed E-state index contributed by atoms with van der Waals surface area (Å²) in [5.74, 6) is 0.310. The lowest BCUT2D eigenvalue weighted by Gasteiger charge is -2.28. The van der Waals surface area contributed by atoms with Gasteiger partial charge in [-0.1, -0.05) is 53.7 Å². The Hall–Kier alpha value is -1.55. The maximum absolute atomic E-state index is 11.9. The van der Waals surface area contributed by atoms with E-state index in [4.69, 9.17) is 4.84 Å². The number of hydrogen-bond acceptors (Lipinski definition) is 3. The fourth-order valence-corrected chi connectivity index (χ4v) is 2.49. The molecular formula is C19H31NO3. The maximum atomic E-state index is 11.9. The van der Waals surface area contributed by atoms with E-state index < -0.39 is 0 Å². The van der Waals surface area contributed by atoms with Crippen LogP contribution in [-0.2, 0) is 26.9 Å². The molecule has 1 N–H and O–H groups in total. The fourth-order valence-electron chi connectivity index (χ4n) is 2.49. The molecule has 0 aromatic heterocycles. The molecule has 4 nitrogen and oxygen atoms in total. The summed E-state index contributed by atoms with van der Waals surface area (Å²) in [5.41, 5.74) is 2.59. The summed E-state index contributed by atoms with van der Waals surface area (Å²) >= 11 is 0. The van der Waals surface area contributed by atoms with Gasteiger partial charge in [-0.05, 0) is 33.9 Å². The second kappa shape index (κ2) is 6.91. The summed E-state index contributed by atoms with van der Waals surface area (Å²) in [6.45, 7) is 12.5. The number of rotatable bonds is 4. The summed E-state index contributed by atoms with van der Waals surface area (Å²) in [6.07, 6.45) is 1.00. The summed E-state index contributed by atoms with van der Waals surface area (Å²) in [7, 11) is 3.09. The van der Waals surface area contributed by atoms with Crippen molar-refractivity contribution >= 4 is 5.91 Å². The zero-order valence-electron chi connectivity index (χ0n) is 15.8. The lowest BCUT2D eigenvalue weighted by atomic mass is 9.78. The van der Waals surface area contributed by atoms with Crippen LogP contribution in [0.2, 0.25) is 0 Å². The standard InChI is InChI=1S/C19H31NO3/c1-18(2,3)14-11-13(9-10-16(21)20(7)23-8)12-15(17(14)22)19(4,5)6/h11-12,22H,9-10H2,1-8H3. The van der Waals surface area contributed by atoms with Crippen LogP contribution in [0.5, 0.6) is 5.75 Å². The number of hydrogen-bond donors (Lipinski definition) is 1. The minimum absolute atomic E-state index is 0.0600. The number of hydroxylamine groups is 2. The molecule has 1 rings (SSSR count). The van der Waals surface area contributed by atoms with Crippen LogP contribution >= 0.6 is 0 Å². The highest BCUT2D eigenvalue weighted by atomic mass is 16.7. The normalized spacial score (nSPS) is 12.3. The van der Waals surface area contributed by atoms with Crippen molar-refractivity contribution in [1.82, 2.24) is 5.06 Å². The Kier molecular flexibility index (Phi) is 5.86. The average molecular weight is 321 g/mol. The Labute approximate surface area is 140 Å². The first-order chi connectivity index (χ1) is 10.4. The van der Waals surface area contributed by atoms with E-state index in [-0.39, 0.29) is 16.7 Å². The van der Waals surface area contributed by atoms with Crippen LogP contribution in [0.3, 0.4) is 0 Å². The van der Waals surface area contributed by atoms with Gasteiger partial charge in [-0.3, -0.25) is 9.63 Å². The molecule has 0 aliphatic heterocycles. The monoisotopic (exact) mass is 321 g/mol. The zero-order chi connectivity index (χ0) is 18.0. The molecule has 0 saturated carbocycles. The summed E-state index contributed by atoms with van der Waals surface area (Å²) in [5, 5.41) is 11.9. The Bertz CT molecular complexity index is 530. The number of amides is 1. The van der Waals surface area contributed by atoms with E-state index in [1.807, 2.05) is 12.1 Å². The number of nitrogens with zero attached hydrogens (tertiary/aromatic N) is 1. The smallest absolute Gasteiger partial charge is 0.246 e. The van der Waals surface area contributed by atoms with Gasteiger partial charge in [0.1, 0.15) is 5.75 Å². The van der Waals surface area contributed by atoms with Gasteiger partial charge in [0, 0.05) is 13.5 Å². The molecule has 0 aliphatic carbocycles. The number of carbonyl (C=O) groups excluding carboxylic acids is 1. The topological polar surface area (TPSA) is 49.8 Å². The van der Waals surface area contributed by atoms with Gasteiger partial charge < -0.3 is 5.11 Å². The SMILES string of the molecule is CON(C)C(=O)CCc1cc(C(C)(C)C)c(O)c(C(C)(C)C)c1. The third-order valence-corrected chi connectivity index (χ3v) is 4.04. The van der Waals surface area contributed by atoms with Crippen molar-refractivity contribution in [1.29, 1.82) is 0 Å². The average Bonchev–Trinajstić information content (AvgIpc) is 2.42. The second-order valence-electron chi connectivity index (χ2n) is 8.11. The highest BCUT2D eigenvalue weighted by Crippen LogP contribution is 2.39. The van der Waals surface area contributed by atoms with Crippen molar-refractivity contribution in [2.45, 2.75) is 65.2 Å². The lowest BCUT2D eigenvalue weighted by Crippen LogP contribution is -2.25. The Morgan fingerprint density at radius 3 is 1.87 bits per heavy atom. The molecule has 0 bridgehead atoms. The minimum Gasteiger partial charge on any atom is -0.507 e. The molecule has 0 spiro atoms. The first-order valence-electron chi connectivity index (χ1n) is 8.05. The predicted molar refractivity (Wildman–Crippen MR) is 93.6 cm³/mol. The van der Waals surface area contributed by atoms with E-state index in [1.54, 1.807) is 7.05 Å². The van der Waals surface area contributed by atoms with E-state index in [0.717, 1.165) is 16.7 Å². The van der Waals surface area contributed by atoms with Crippen molar-refractivity contribution in [2.24, 2.45) is 0 Å². The van der Waals surface area contributed by atoms with Crippen molar-refractivity contribution in [3.8, 4) is 5.75 Å². The molecule has 0 atom stereocenters. The maximum Gasteiger partial charge on any atom is 0.246 e. The molecule has 4 heteroatoms. The molecule has 0 saturated heterocycles. The fraction of sp³-hybridized carbons (Fsp3) is 0.632. The third kappa shape index (κ3) is 4.96. The first kappa shape index (κ1) is 19.5. The first-order valence-corrected chi connectivity index (χ1v) is 8.05. The Morgan fingerprint density at radius 1 is 1.09 bits per heavy atom. The summed E-state index contributed by atoms with van der Waals surface area (Å²) in [6, 6.07) is 4.04. The van der Waals surface area contributed by atoms with E-state index in [2.05, 4.69) is 41.5 Å². The number of phenols is 1. The van der Waals surface area contributed by atoms with Crippen molar-refractivity contribution < 1.29 is 14.7 Å². The van der Waals surface area contributed by atoms with Gasteiger partial charge in [-0.2, -0.15) is 0 Å².